The summed E-state index contributed by atoms with van der Waals surface area (Å²) < 4.78 is 4.57. The van der Waals surface area contributed by atoms with Gasteiger partial charge in [-0.3, -0.25) is 14.6 Å². The highest BCUT2D eigenvalue weighted by Gasteiger charge is 2.10. The Morgan fingerprint density at radius 1 is 1.33 bits per heavy atom. The summed E-state index contributed by atoms with van der Waals surface area (Å²) in [7, 11) is 1.33. The van der Waals surface area contributed by atoms with Crippen LogP contribution in [-0.4, -0.2) is 29.0 Å². The molecule has 0 radical (unpaired) electrons. The number of amides is 1. The maximum atomic E-state index is 11.8. The minimum absolute atomic E-state index is 0.106. The van der Waals surface area contributed by atoms with Gasteiger partial charge in [0.25, 0.3) is 0 Å². The fraction of sp³-hybridized carbons (Fsp3) is 0.286. The van der Waals surface area contributed by atoms with Crippen molar-refractivity contribution in [3.05, 3.63) is 41.2 Å². The van der Waals surface area contributed by atoms with Crippen LogP contribution < -0.4 is 5.32 Å². The Hall–Kier alpha value is -2.28. The predicted molar refractivity (Wildman–Crippen MR) is 79.0 cm³/mol. The number of aromatic nitrogens is 2. The zero-order valence-electron chi connectivity index (χ0n) is 11.5. The van der Waals surface area contributed by atoms with E-state index in [0.29, 0.717) is 23.7 Å². The molecule has 0 aliphatic heterocycles. The third kappa shape index (κ3) is 4.96. The monoisotopic (exact) mass is 305 g/mol. The van der Waals surface area contributed by atoms with E-state index in [1.165, 1.54) is 18.4 Å². The van der Waals surface area contributed by atoms with Crippen LogP contribution in [0.3, 0.4) is 0 Å². The van der Waals surface area contributed by atoms with Gasteiger partial charge in [-0.15, -0.1) is 11.3 Å². The van der Waals surface area contributed by atoms with Gasteiger partial charge in [0, 0.05) is 24.2 Å². The van der Waals surface area contributed by atoms with Crippen LogP contribution in [-0.2, 0) is 27.2 Å². The molecule has 21 heavy (non-hydrogen) atoms. The first-order chi connectivity index (χ1) is 10.2. The van der Waals surface area contributed by atoms with Crippen molar-refractivity contribution < 1.29 is 14.3 Å². The van der Waals surface area contributed by atoms with Gasteiger partial charge in [0.1, 0.15) is 0 Å². The molecule has 0 saturated heterocycles. The third-order valence-electron chi connectivity index (χ3n) is 2.74. The lowest BCUT2D eigenvalue weighted by Crippen LogP contribution is -2.12. The predicted octanol–water partition coefficient (Wildman–Crippen LogP) is 1.82. The first-order valence-corrected chi connectivity index (χ1v) is 7.25. The summed E-state index contributed by atoms with van der Waals surface area (Å²) in [4.78, 5) is 31.0. The molecule has 2 aromatic heterocycles. The van der Waals surface area contributed by atoms with Crippen molar-refractivity contribution in [3.8, 4) is 0 Å². The standard InChI is InChI=1S/C14H15N3O3S/c1-20-13(19)8-11-9-21-14(16-11)17-12(18)3-2-10-4-6-15-7-5-10/h4-7,9H,2-3,8H2,1H3,(H,16,17,18). The average molecular weight is 305 g/mol. The molecule has 1 amide bonds. The summed E-state index contributed by atoms with van der Waals surface area (Å²) in [6, 6.07) is 3.76. The maximum absolute atomic E-state index is 11.8. The van der Waals surface area contributed by atoms with E-state index in [1.807, 2.05) is 12.1 Å². The highest BCUT2D eigenvalue weighted by atomic mass is 32.1. The Morgan fingerprint density at radius 3 is 2.81 bits per heavy atom. The van der Waals surface area contributed by atoms with Crippen LogP contribution in [0.15, 0.2) is 29.9 Å². The van der Waals surface area contributed by atoms with E-state index in [0.717, 1.165) is 5.56 Å². The molecule has 6 nitrogen and oxygen atoms in total. The van der Waals surface area contributed by atoms with E-state index in [-0.39, 0.29) is 18.3 Å². The summed E-state index contributed by atoms with van der Waals surface area (Å²) in [6.07, 6.45) is 4.53. The summed E-state index contributed by atoms with van der Waals surface area (Å²) in [5, 5.41) is 4.95. The van der Waals surface area contributed by atoms with Crippen LogP contribution >= 0.6 is 11.3 Å². The number of ether oxygens (including phenoxy) is 1. The minimum Gasteiger partial charge on any atom is -0.469 e. The lowest BCUT2D eigenvalue weighted by Gasteiger charge is -2.01. The Kier molecular flexibility index (Phi) is 5.39. The molecule has 0 atom stereocenters. The fourth-order valence-electron chi connectivity index (χ4n) is 1.65. The molecule has 0 fully saturated rings. The summed E-state index contributed by atoms with van der Waals surface area (Å²) in [5.41, 5.74) is 1.65. The van der Waals surface area contributed by atoms with Crippen molar-refractivity contribution >= 4 is 28.3 Å². The number of hydrogen-bond donors (Lipinski definition) is 1. The molecule has 2 heterocycles. The Balaban J connectivity index is 1.81. The van der Waals surface area contributed by atoms with Gasteiger partial charge in [-0.1, -0.05) is 0 Å². The van der Waals surface area contributed by atoms with Crippen molar-refractivity contribution in [3.63, 3.8) is 0 Å². The molecule has 2 rings (SSSR count). The Morgan fingerprint density at radius 2 is 2.10 bits per heavy atom. The molecule has 7 heteroatoms. The van der Waals surface area contributed by atoms with E-state index >= 15 is 0 Å². The molecular formula is C14H15N3O3S. The second-order valence-electron chi connectivity index (χ2n) is 4.30. The van der Waals surface area contributed by atoms with Crippen molar-refractivity contribution in [1.82, 2.24) is 9.97 Å². The normalized spacial score (nSPS) is 10.1. The molecule has 1 N–H and O–H groups in total. The van der Waals surface area contributed by atoms with Gasteiger partial charge in [-0.05, 0) is 24.1 Å². The van der Waals surface area contributed by atoms with Gasteiger partial charge >= 0.3 is 5.97 Å². The zero-order valence-corrected chi connectivity index (χ0v) is 12.4. The smallest absolute Gasteiger partial charge is 0.311 e. The average Bonchev–Trinajstić information content (AvgIpc) is 2.93. The van der Waals surface area contributed by atoms with E-state index in [4.69, 9.17) is 0 Å². The van der Waals surface area contributed by atoms with Crippen LogP contribution in [0.1, 0.15) is 17.7 Å². The van der Waals surface area contributed by atoms with Crippen LogP contribution in [0.4, 0.5) is 5.13 Å². The van der Waals surface area contributed by atoms with Gasteiger partial charge < -0.3 is 10.1 Å². The second kappa shape index (κ2) is 7.49. The van der Waals surface area contributed by atoms with Gasteiger partial charge in [-0.2, -0.15) is 0 Å². The number of methoxy groups -OCH3 is 1. The Bertz CT molecular complexity index is 613. The van der Waals surface area contributed by atoms with Gasteiger partial charge in [0.05, 0.1) is 19.2 Å². The maximum Gasteiger partial charge on any atom is 0.311 e. The summed E-state index contributed by atoms with van der Waals surface area (Å²) >= 11 is 1.29. The number of carbonyl (C=O) groups is 2. The first-order valence-electron chi connectivity index (χ1n) is 6.37. The van der Waals surface area contributed by atoms with Gasteiger partial charge in [-0.25, -0.2) is 4.98 Å². The molecule has 110 valence electrons. The second-order valence-corrected chi connectivity index (χ2v) is 5.16. The molecule has 0 unspecified atom stereocenters. The fourth-order valence-corrected chi connectivity index (χ4v) is 2.38. The van der Waals surface area contributed by atoms with Gasteiger partial charge in [0.15, 0.2) is 5.13 Å². The molecule has 0 saturated carbocycles. The van der Waals surface area contributed by atoms with Crippen molar-refractivity contribution in [1.29, 1.82) is 0 Å². The summed E-state index contributed by atoms with van der Waals surface area (Å²) in [6.45, 7) is 0. The largest absolute Gasteiger partial charge is 0.469 e. The van der Waals surface area contributed by atoms with Gasteiger partial charge in [0.2, 0.25) is 5.91 Å². The number of esters is 1. The SMILES string of the molecule is COC(=O)Cc1csc(NC(=O)CCc2ccncc2)n1. The summed E-state index contributed by atoms with van der Waals surface area (Å²) in [5.74, 6) is -0.457. The number of thiazole rings is 1. The Labute approximate surface area is 126 Å². The number of nitrogens with one attached hydrogen (secondary N) is 1. The number of hydrogen-bond acceptors (Lipinski definition) is 6. The number of carbonyl (C=O) groups excluding carboxylic acids is 2. The van der Waals surface area contributed by atoms with Crippen LogP contribution in [0, 0.1) is 0 Å². The third-order valence-corrected chi connectivity index (χ3v) is 3.55. The molecule has 2 aromatic rings. The minimum atomic E-state index is -0.351. The molecule has 0 aromatic carbocycles. The number of pyridine rings is 1. The number of rotatable bonds is 6. The molecule has 0 spiro atoms. The highest BCUT2D eigenvalue weighted by Crippen LogP contribution is 2.16. The molecular weight excluding hydrogens is 290 g/mol. The van der Waals surface area contributed by atoms with E-state index in [2.05, 4.69) is 20.0 Å². The molecule has 0 bridgehead atoms. The molecule has 0 aliphatic carbocycles. The number of anilines is 1. The lowest BCUT2D eigenvalue weighted by atomic mass is 10.1. The zero-order chi connectivity index (χ0) is 15.1. The van der Waals surface area contributed by atoms with Crippen molar-refractivity contribution in [2.24, 2.45) is 0 Å². The van der Waals surface area contributed by atoms with Crippen LogP contribution in [0.25, 0.3) is 0 Å². The highest BCUT2D eigenvalue weighted by molar-refractivity contribution is 7.13. The van der Waals surface area contributed by atoms with Crippen molar-refractivity contribution in [2.75, 3.05) is 12.4 Å². The molecule has 0 aliphatic rings. The van der Waals surface area contributed by atoms with E-state index in [9.17, 15) is 9.59 Å². The van der Waals surface area contributed by atoms with E-state index in [1.54, 1.807) is 17.8 Å². The number of nitrogens with zero attached hydrogens (tertiary/aromatic N) is 2. The number of aryl methyl sites for hydroxylation is 1. The van der Waals surface area contributed by atoms with E-state index < -0.39 is 0 Å². The van der Waals surface area contributed by atoms with Crippen LogP contribution in [0.2, 0.25) is 0 Å². The van der Waals surface area contributed by atoms with Crippen molar-refractivity contribution in [2.45, 2.75) is 19.3 Å². The van der Waals surface area contributed by atoms with Crippen LogP contribution in [0.5, 0.6) is 0 Å². The first kappa shape index (κ1) is 15.1. The quantitative estimate of drug-likeness (QED) is 0.823. The lowest BCUT2D eigenvalue weighted by molar-refractivity contribution is -0.139. The topological polar surface area (TPSA) is 81.2 Å².